The zero-order valence-corrected chi connectivity index (χ0v) is 14.5. The molecule has 0 N–H and O–H groups in total. The Kier molecular flexibility index (Phi) is 4.33. The largest absolute Gasteiger partial charge is 0.374 e. The minimum Gasteiger partial charge on any atom is -0.374 e. The molecule has 6 nitrogen and oxygen atoms in total. The number of anilines is 1. The molecule has 0 aromatic heterocycles. The number of fused-ring (bicyclic) bond motifs is 1. The van der Waals surface area contributed by atoms with E-state index in [9.17, 15) is 13.2 Å². The van der Waals surface area contributed by atoms with E-state index >= 15 is 0 Å². The summed E-state index contributed by atoms with van der Waals surface area (Å²) in [4.78, 5) is 15.5. The van der Waals surface area contributed by atoms with Crippen LogP contribution in [-0.2, 0) is 21.2 Å². The molecule has 0 aliphatic carbocycles. The summed E-state index contributed by atoms with van der Waals surface area (Å²) in [6.07, 6.45) is 2.10. The summed E-state index contributed by atoms with van der Waals surface area (Å²) in [6.45, 7) is 4.10. The molecular formula is C16H23N3O3S. The van der Waals surface area contributed by atoms with Crippen LogP contribution in [0.2, 0.25) is 0 Å². The molecule has 7 heteroatoms. The highest BCUT2D eigenvalue weighted by atomic mass is 32.2. The van der Waals surface area contributed by atoms with Crippen LogP contribution in [-0.4, -0.2) is 63.3 Å². The van der Waals surface area contributed by atoms with E-state index in [2.05, 4.69) is 4.90 Å². The molecule has 0 radical (unpaired) electrons. The van der Waals surface area contributed by atoms with Crippen LogP contribution in [0, 0.1) is 0 Å². The number of amides is 1. The van der Waals surface area contributed by atoms with Crippen molar-refractivity contribution in [2.24, 2.45) is 0 Å². The van der Waals surface area contributed by atoms with Gasteiger partial charge >= 0.3 is 0 Å². The molecule has 0 spiro atoms. The zero-order chi connectivity index (χ0) is 16.6. The summed E-state index contributed by atoms with van der Waals surface area (Å²) < 4.78 is 27.2. The summed E-state index contributed by atoms with van der Waals surface area (Å²) >= 11 is 0. The number of benzene rings is 1. The normalized spacial score (nSPS) is 19.6. The number of hydrogen-bond acceptors (Lipinski definition) is 4. The van der Waals surface area contributed by atoms with Crippen molar-refractivity contribution in [1.82, 2.24) is 9.21 Å². The van der Waals surface area contributed by atoms with Gasteiger partial charge in [-0.15, -0.1) is 0 Å². The SMILES string of the molecule is CC(=O)N1CCN(S(=O)(=O)c2ccc3c(c2)N(C)CCC3)CC1. The molecule has 0 atom stereocenters. The van der Waals surface area contributed by atoms with Crippen molar-refractivity contribution in [3.63, 3.8) is 0 Å². The molecule has 1 aromatic rings. The van der Waals surface area contributed by atoms with E-state index in [1.807, 2.05) is 13.1 Å². The van der Waals surface area contributed by atoms with Crippen LogP contribution >= 0.6 is 0 Å². The van der Waals surface area contributed by atoms with Gasteiger partial charge in [-0.2, -0.15) is 4.31 Å². The van der Waals surface area contributed by atoms with E-state index in [0.717, 1.165) is 25.1 Å². The third kappa shape index (κ3) is 3.07. The number of sulfonamides is 1. The maximum atomic E-state index is 12.9. The van der Waals surface area contributed by atoms with Crippen LogP contribution in [0.1, 0.15) is 18.9 Å². The second-order valence-electron chi connectivity index (χ2n) is 6.23. The lowest BCUT2D eigenvalue weighted by molar-refractivity contribution is -0.129. The first-order chi connectivity index (χ1) is 10.9. The summed E-state index contributed by atoms with van der Waals surface area (Å²) in [5.74, 6) is -0.00236. The number of nitrogens with zero attached hydrogens (tertiary/aromatic N) is 3. The molecule has 0 saturated carbocycles. The first-order valence-electron chi connectivity index (χ1n) is 7.99. The Bertz CT molecular complexity index is 709. The molecule has 2 aliphatic rings. The fourth-order valence-electron chi connectivity index (χ4n) is 3.29. The molecule has 126 valence electrons. The van der Waals surface area contributed by atoms with Crippen molar-refractivity contribution >= 4 is 21.6 Å². The van der Waals surface area contributed by atoms with Crippen molar-refractivity contribution in [2.45, 2.75) is 24.7 Å². The maximum absolute atomic E-state index is 12.9. The standard InChI is InChI=1S/C16H23N3O3S/c1-13(20)18-8-10-19(11-9-18)23(21,22)15-6-5-14-4-3-7-17(2)16(14)12-15/h5-6,12H,3-4,7-11H2,1-2H3. The predicted octanol–water partition coefficient (Wildman–Crippen LogP) is 0.922. The predicted molar refractivity (Wildman–Crippen MR) is 89.0 cm³/mol. The van der Waals surface area contributed by atoms with Gasteiger partial charge in [0.2, 0.25) is 15.9 Å². The molecule has 3 rings (SSSR count). The van der Waals surface area contributed by atoms with E-state index in [1.165, 1.54) is 16.8 Å². The van der Waals surface area contributed by atoms with E-state index in [1.54, 1.807) is 17.0 Å². The van der Waals surface area contributed by atoms with Crippen LogP contribution in [0.15, 0.2) is 23.1 Å². The van der Waals surface area contributed by atoms with Gasteiger partial charge in [0.05, 0.1) is 4.90 Å². The van der Waals surface area contributed by atoms with Gasteiger partial charge in [0, 0.05) is 52.4 Å². The molecular weight excluding hydrogens is 314 g/mol. The highest BCUT2D eigenvalue weighted by Crippen LogP contribution is 2.30. The lowest BCUT2D eigenvalue weighted by atomic mass is 10.0. The molecule has 23 heavy (non-hydrogen) atoms. The number of rotatable bonds is 2. The van der Waals surface area contributed by atoms with Gasteiger partial charge in [0.1, 0.15) is 0 Å². The average Bonchev–Trinajstić information content (AvgIpc) is 2.55. The Hall–Kier alpha value is -1.60. The molecule has 1 amide bonds. The van der Waals surface area contributed by atoms with Crippen LogP contribution in [0.4, 0.5) is 5.69 Å². The monoisotopic (exact) mass is 337 g/mol. The molecule has 2 heterocycles. The molecule has 0 bridgehead atoms. The van der Waals surface area contributed by atoms with Gasteiger partial charge in [-0.05, 0) is 30.5 Å². The van der Waals surface area contributed by atoms with Gasteiger partial charge in [-0.25, -0.2) is 8.42 Å². The summed E-state index contributed by atoms with van der Waals surface area (Å²) in [5, 5.41) is 0. The van der Waals surface area contributed by atoms with Gasteiger partial charge in [-0.1, -0.05) is 6.07 Å². The lowest BCUT2D eigenvalue weighted by Crippen LogP contribution is -2.49. The first-order valence-corrected chi connectivity index (χ1v) is 9.43. The fourth-order valence-corrected chi connectivity index (χ4v) is 4.73. The number of aryl methyl sites for hydroxylation is 1. The van der Waals surface area contributed by atoms with Gasteiger partial charge in [0.25, 0.3) is 0 Å². The second kappa shape index (κ2) is 6.13. The van der Waals surface area contributed by atoms with Crippen LogP contribution in [0.5, 0.6) is 0 Å². The van der Waals surface area contributed by atoms with Crippen molar-refractivity contribution in [1.29, 1.82) is 0 Å². The van der Waals surface area contributed by atoms with Crippen molar-refractivity contribution < 1.29 is 13.2 Å². The molecule has 1 saturated heterocycles. The fraction of sp³-hybridized carbons (Fsp3) is 0.562. The van der Waals surface area contributed by atoms with E-state index in [0.29, 0.717) is 31.1 Å². The lowest BCUT2D eigenvalue weighted by Gasteiger charge is -2.34. The number of carbonyl (C=O) groups is 1. The van der Waals surface area contributed by atoms with E-state index in [4.69, 9.17) is 0 Å². The van der Waals surface area contributed by atoms with Crippen molar-refractivity contribution in [3.05, 3.63) is 23.8 Å². The third-order valence-corrected chi connectivity index (χ3v) is 6.62. The van der Waals surface area contributed by atoms with Crippen LogP contribution < -0.4 is 4.90 Å². The highest BCUT2D eigenvalue weighted by Gasteiger charge is 2.30. The van der Waals surface area contributed by atoms with Gasteiger partial charge in [-0.3, -0.25) is 4.79 Å². The topological polar surface area (TPSA) is 60.9 Å². The summed E-state index contributed by atoms with van der Waals surface area (Å²) in [5.41, 5.74) is 2.22. The highest BCUT2D eigenvalue weighted by molar-refractivity contribution is 7.89. The third-order valence-electron chi connectivity index (χ3n) is 4.73. The first kappa shape index (κ1) is 16.3. The minimum atomic E-state index is -3.50. The van der Waals surface area contributed by atoms with Crippen molar-refractivity contribution in [3.8, 4) is 0 Å². The number of piperazine rings is 1. The average molecular weight is 337 g/mol. The van der Waals surface area contributed by atoms with E-state index < -0.39 is 10.0 Å². The van der Waals surface area contributed by atoms with Crippen LogP contribution in [0.25, 0.3) is 0 Å². The van der Waals surface area contributed by atoms with E-state index in [-0.39, 0.29) is 5.91 Å². The Balaban J connectivity index is 1.83. The second-order valence-corrected chi connectivity index (χ2v) is 8.16. The number of carbonyl (C=O) groups excluding carboxylic acids is 1. The molecule has 1 aromatic carbocycles. The Morgan fingerprint density at radius 3 is 2.43 bits per heavy atom. The Morgan fingerprint density at radius 1 is 1.09 bits per heavy atom. The quantitative estimate of drug-likeness (QED) is 0.805. The summed E-state index contributed by atoms with van der Waals surface area (Å²) in [7, 11) is -1.50. The minimum absolute atomic E-state index is 0.00236. The Morgan fingerprint density at radius 2 is 1.78 bits per heavy atom. The molecule has 1 fully saturated rings. The van der Waals surface area contributed by atoms with Gasteiger partial charge < -0.3 is 9.80 Å². The summed E-state index contributed by atoms with van der Waals surface area (Å²) in [6, 6.07) is 5.44. The molecule has 0 unspecified atom stereocenters. The molecule has 2 aliphatic heterocycles. The Labute approximate surface area is 137 Å². The van der Waals surface area contributed by atoms with Gasteiger partial charge in [0.15, 0.2) is 0 Å². The number of hydrogen-bond donors (Lipinski definition) is 0. The van der Waals surface area contributed by atoms with Crippen LogP contribution in [0.3, 0.4) is 0 Å². The van der Waals surface area contributed by atoms with Crippen molar-refractivity contribution in [2.75, 3.05) is 44.7 Å². The smallest absolute Gasteiger partial charge is 0.243 e. The zero-order valence-electron chi connectivity index (χ0n) is 13.7. The maximum Gasteiger partial charge on any atom is 0.243 e.